The Hall–Kier alpha value is -1.24. The van der Waals surface area contributed by atoms with Crippen LogP contribution in [0.1, 0.15) is 37.0 Å². The summed E-state index contributed by atoms with van der Waals surface area (Å²) in [5, 5.41) is 9.44. The van der Waals surface area contributed by atoms with Gasteiger partial charge in [-0.3, -0.25) is 0 Å². The van der Waals surface area contributed by atoms with E-state index >= 15 is 0 Å². The number of aryl methyl sites for hydroxylation is 2. The molecule has 0 atom stereocenters. The van der Waals surface area contributed by atoms with E-state index in [0.29, 0.717) is 5.75 Å². The zero-order valence-corrected chi connectivity index (χ0v) is 9.17. The third kappa shape index (κ3) is 2.16. The fourth-order valence-electron chi connectivity index (χ4n) is 1.59. The van der Waals surface area contributed by atoms with Gasteiger partial charge in [0.2, 0.25) is 0 Å². The van der Waals surface area contributed by atoms with E-state index in [1.807, 2.05) is 26.8 Å². The Labute approximate surface area is 86.1 Å². The fourth-order valence-corrected chi connectivity index (χ4v) is 1.59. The van der Waals surface area contributed by atoms with Crippen LogP contribution >= 0.6 is 0 Å². The summed E-state index contributed by atoms with van der Waals surface area (Å²) >= 11 is 0. The van der Waals surface area contributed by atoms with Crippen molar-refractivity contribution in [1.29, 1.82) is 0 Å². The first-order chi connectivity index (χ1) is 6.77. The molecule has 76 valence electrons. The van der Waals surface area contributed by atoms with Gasteiger partial charge in [-0.1, -0.05) is 32.1 Å². The van der Waals surface area contributed by atoms with Gasteiger partial charge in [0.15, 0.2) is 0 Å². The lowest BCUT2D eigenvalue weighted by Crippen LogP contribution is -1.94. The van der Waals surface area contributed by atoms with Gasteiger partial charge in [0.1, 0.15) is 5.75 Å². The van der Waals surface area contributed by atoms with Crippen LogP contribution in [0, 0.1) is 6.92 Å². The van der Waals surface area contributed by atoms with E-state index in [4.69, 9.17) is 0 Å². The highest BCUT2D eigenvalue weighted by atomic mass is 16.3. The molecule has 0 bridgehead atoms. The maximum atomic E-state index is 9.44. The molecule has 0 amide bonds. The van der Waals surface area contributed by atoms with E-state index in [-0.39, 0.29) is 0 Å². The number of phenols is 1. The minimum atomic E-state index is 0.403. The standard InChI is InChI=1S/C11H12O.C2H6/c1-8-6-9-4-2-3-5-10(9)7-11(8)12;1-2/h3,5-7,12H,2,4H2,1H3;1-2H3. The summed E-state index contributed by atoms with van der Waals surface area (Å²) in [5.41, 5.74) is 3.50. The van der Waals surface area contributed by atoms with Crippen molar-refractivity contribution in [2.45, 2.75) is 33.6 Å². The molecule has 0 radical (unpaired) electrons. The van der Waals surface area contributed by atoms with Crippen molar-refractivity contribution in [2.24, 2.45) is 0 Å². The first-order valence-corrected chi connectivity index (χ1v) is 5.26. The smallest absolute Gasteiger partial charge is 0.119 e. The second-order valence-electron chi connectivity index (χ2n) is 3.28. The summed E-state index contributed by atoms with van der Waals surface area (Å²) in [5.74, 6) is 0.403. The highest BCUT2D eigenvalue weighted by Gasteiger charge is 2.06. The van der Waals surface area contributed by atoms with Crippen LogP contribution in [0.25, 0.3) is 6.08 Å². The third-order valence-corrected chi connectivity index (χ3v) is 2.34. The zero-order valence-electron chi connectivity index (χ0n) is 9.17. The first kappa shape index (κ1) is 10.8. The number of hydrogen-bond donors (Lipinski definition) is 1. The maximum Gasteiger partial charge on any atom is 0.119 e. The molecule has 1 aromatic carbocycles. The Morgan fingerprint density at radius 2 is 1.93 bits per heavy atom. The van der Waals surface area contributed by atoms with Crippen LogP contribution in [-0.2, 0) is 6.42 Å². The van der Waals surface area contributed by atoms with Crippen LogP contribution < -0.4 is 0 Å². The van der Waals surface area contributed by atoms with Crippen LogP contribution in [0.15, 0.2) is 18.2 Å². The average Bonchev–Trinajstić information content (AvgIpc) is 2.23. The normalized spacial score (nSPS) is 12.8. The maximum absolute atomic E-state index is 9.44. The van der Waals surface area contributed by atoms with Gasteiger partial charge in [-0.15, -0.1) is 0 Å². The topological polar surface area (TPSA) is 20.2 Å². The molecule has 0 unspecified atom stereocenters. The van der Waals surface area contributed by atoms with Gasteiger partial charge in [-0.05, 0) is 42.5 Å². The van der Waals surface area contributed by atoms with Gasteiger partial charge in [-0.2, -0.15) is 0 Å². The van der Waals surface area contributed by atoms with Crippen LogP contribution in [0.5, 0.6) is 5.75 Å². The molecule has 0 aliphatic heterocycles. The number of allylic oxidation sites excluding steroid dienone is 1. The van der Waals surface area contributed by atoms with Gasteiger partial charge in [0, 0.05) is 0 Å². The van der Waals surface area contributed by atoms with Crippen molar-refractivity contribution in [3.63, 3.8) is 0 Å². The Morgan fingerprint density at radius 1 is 1.21 bits per heavy atom. The van der Waals surface area contributed by atoms with Crippen molar-refractivity contribution in [3.8, 4) is 5.75 Å². The van der Waals surface area contributed by atoms with E-state index < -0.39 is 0 Å². The van der Waals surface area contributed by atoms with Crippen molar-refractivity contribution in [2.75, 3.05) is 0 Å². The molecule has 1 heteroatoms. The molecule has 14 heavy (non-hydrogen) atoms. The third-order valence-electron chi connectivity index (χ3n) is 2.34. The molecular weight excluding hydrogens is 172 g/mol. The molecule has 1 N–H and O–H groups in total. The molecule has 0 fully saturated rings. The predicted octanol–water partition coefficient (Wildman–Crippen LogP) is 3.69. The Balaban J connectivity index is 0.000000461. The van der Waals surface area contributed by atoms with E-state index in [2.05, 4.69) is 18.2 Å². The van der Waals surface area contributed by atoms with Crippen molar-refractivity contribution < 1.29 is 5.11 Å². The number of benzene rings is 1. The molecule has 0 saturated heterocycles. The summed E-state index contributed by atoms with van der Waals surface area (Å²) < 4.78 is 0. The first-order valence-electron chi connectivity index (χ1n) is 5.26. The van der Waals surface area contributed by atoms with E-state index in [9.17, 15) is 5.11 Å². The Morgan fingerprint density at radius 3 is 2.64 bits per heavy atom. The monoisotopic (exact) mass is 190 g/mol. The number of phenolic OH excluding ortho intramolecular Hbond substituents is 1. The van der Waals surface area contributed by atoms with E-state index in [1.165, 1.54) is 11.1 Å². The van der Waals surface area contributed by atoms with Crippen molar-refractivity contribution >= 4 is 6.08 Å². The van der Waals surface area contributed by atoms with Gasteiger partial charge < -0.3 is 5.11 Å². The summed E-state index contributed by atoms with van der Waals surface area (Å²) in [6, 6.07) is 3.93. The molecule has 1 aliphatic rings. The molecule has 1 nitrogen and oxygen atoms in total. The fraction of sp³-hybridized carbons (Fsp3) is 0.385. The van der Waals surface area contributed by atoms with Crippen molar-refractivity contribution in [3.05, 3.63) is 34.9 Å². The number of hydrogen-bond acceptors (Lipinski definition) is 1. The SMILES string of the molecule is CC.Cc1cc2c(cc1O)C=CCC2. The minimum Gasteiger partial charge on any atom is -0.508 e. The lowest BCUT2D eigenvalue weighted by Gasteiger charge is -2.11. The van der Waals surface area contributed by atoms with Gasteiger partial charge in [0.05, 0.1) is 0 Å². The molecule has 0 heterocycles. The molecule has 1 aliphatic carbocycles. The lowest BCUT2D eigenvalue weighted by molar-refractivity contribution is 0.470. The van der Waals surface area contributed by atoms with Crippen LogP contribution in [0.2, 0.25) is 0 Å². The number of aromatic hydroxyl groups is 1. The molecule has 2 rings (SSSR count). The number of rotatable bonds is 0. The Bertz CT molecular complexity index is 337. The predicted molar refractivity (Wildman–Crippen MR) is 61.5 cm³/mol. The average molecular weight is 190 g/mol. The van der Waals surface area contributed by atoms with Gasteiger partial charge in [0.25, 0.3) is 0 Å². The summed E-state index contributed by atoms with van der Waals surface area (Å²) in [4.78, 5) is 0. The minimum absolute atomic E-state index is 0.403. The second-order valence-corrected chi connectivity index (χ2v) is 3.28. The molecular formula is C13H18O. The van der Waals surface area contributed by atoms with Crippen LogP contribution in [-0.4, -0.2) is 5.11 Å². The van der Waals surface area contributed by atoms with Crippen LogP contribution in [0.3, 0.4) is 0 Å². The summed E-state index contributed by atoms with van der Waals surface area (Å²) in [6.07, 6.45) is 6.46. The van der Waals surface area contributed by atoms with Gasteiger partial charge >= 0.3 is 0 Å². The highest BCUT2D eigenvalue weighted by molar-refractivity contribution is 5.59. The second kappa shape index (κ2) is 4.85. The molecule has 0 aromatic heterocycles. The van der Waals surface area contributed by atoms with Crippen LogP contribution in [0.4, 0.5) is 0 Å². The molecule has 0 saturated carbocycles. The van der Waals surface area contributed by atoms with Gasteiger partial charge in [-0.25, -0.2) is 0 Å². The quantitative estimate of drug-likeness (QED) is 0.661. The highest BCUT2D eigenvalue weighted by Crippen LogP contribution is 2.26. The lowest BCUT2D eigenvalue weighted by atomic mass is 9.95. The van der Waals surface area contributed by atoms with E-state index in [0.717, 1.165) is 18.4 Å². The molecule has 0 spiro atoms. The Kier molecular flexibility index (Phi) is 3.75. The zero-order chi connectivity index (χ0) is 10.6. The molecule has 1 aromatic rings. The van der Waals surface area contributed by atoms with E-state index in [1.54, 1.807) is 0 Å². The number of fused-ring (bicyclic) bond motifs is 1. The summed E-state index contributed by atoms with van der Waals surface area (Å²) in [7, 11) is 0. The van der Waals surface area contributed by atoms with Crippen molar-refractivity contribution in [1.82, 2.24) is 0 Å². The largest absolute Gasteiger partial charge is 0.508 e. The summed E-state index contributed by atoms with van der Waals surface area (Å²) in [6.45, 7) is 5.94.